The van der Waals surface area contributed by atoms with Gasteiger partial charge in [0.25, 0.3) is 0 Å². The fraction of sp³-hybridized carbons (Fsp3) is 0.350. The molecule has 0 atom stereocenters. The molecule has 1 aromatic carbocycles. The highest BCUT2D eigenvalue weighted by molar-refractivity contribution is 7.23. The van der Waals surface area contributed by atoms with Crippen LogP contribution in [0.4, 0.5) is 14.9 Å². The lowest BCUT2D eigenvalue weighted by atomic mass is 10.0. The van der Waals surface area contributed by atoms with Gasteiger partial charge < -0.3 is 29.2 Å². The first kappa shape index (κ1) is 19.9. The summed E-state index contributed by atoms with van der Waals surface area (Å²) in [4.78, 5) is 31.9. The molecular weight excluding hydrogens is 442 g/mol. The summed E-state index contributed by atoms with van der Waals surface area (Å²) in [6, 6.07) is 3.75. The average molecular weight is 462 g/mol. The molecule has 2 aliphatic heterocycles. The van der Waals surface area contributed by atoms with Crippen LogP contribution in [0.1, 0.15) is 27.7 Å². The maximum absolute atomic E-state index is 12.6. The van der Waals surface area contributed by atoms with Crippen LogP contribution in [-0.4, -0.2) is 49.0 Å². The average Bonchev–Trinajstić information content (AvgIpc) is 3.46. The third-order valence-electron chi connectivity index (χ3n) is 5.08. The zero-order chi connectivity index (χ0) is 21.5. The number of carbonyl (C=O) groups is 2. The summed E-state index contributed by atoms with van der Waals surface area (Å²) < 4.78 is 22.0. The molecule has 11 heteroatoms. The van der Waals surface area contributed by atoms with E-state index in [0.29, 0.717) is 53.3 Å². The van der Waals surface area contributed by atoms with Crippen molar-refractivity contribution >= 4 is 55.1 Å². The second-order valence-electron chi connectivity index (χ2n) is 6.89. The Bertz CT molecular complexity index is 1150. The highest BCUT2D eigenvalue weighted by Gasteiger charge is 2.31. The molecule has 0 saturated carbocycles. The van der Waals surface area contributed by atoms with Crippen molar-refractivity contribution in [2.24, 2.45) is 0 Å². The zero-order valence-electron chi connectivity index (χ0n) is 16.9. The standard InChI is InChI=1S/C20H19N3O6S2/c1-3-27-20(25)23-5-4-10-15(8-23)30-17(16(10)18(24)26-2)22-19-21-11-6-12-13(29-9-28-12)7-14(11)31-19/h6-7H,3-5,8-9H2,1-2H3,(H,21,22). The van der Waals surface area contributed by atoms with E-state index in [1.54, 1.807) is 11.8 Å². The molecule has 5 rings (SSSR count). The molecule has 1 amide bonds. The van der Waals surface area contributed by atoms with Crippen molar-refractivity contribution in [3.63, 3.8) is 0 Å². The molecule has 2 aliphatic rings. The Labute approximate surface area is 185 Å². The number of amides is 1. The summed E-state index contributed by atoms with van der Waals surface area (Å²) in [7, 11) is 1.36. The summed E-state index contributed by atoms with van der Waals surface area (Å²) in [5.41, 5.74) is 2.19. The lowest BCUT2D eigenvalue weighted by Gasteiger charge is -2.26. The number of aromatic nitrogens is 1. The number of thiazole rings is 1. The van der Waals surface area contributed by atoms with E-state index in [1.807, 2.05) is 12.1 Å². The Morgan fingerprint density at radius 2 is 2.06 bits per heavy atom. The molecule has 162 valence electrons. The van der Waals surface area contributed by atoms with Gasteiger partial charge in [0.2, 0.25) is 6.79 Å². The van der Waals surface area contributed by atoms with Crippen molar-refractivity contribution in [3.05, 3.63) is 28.1 Å². The molecule has 0 fully saturated rings. The second kappa shape index (κ2) is 7.89. The fourth-order valence-corrected chi connectivity index (χ4v) is 5.84. The Morgan fingerprint density at radius 1 is 1.26 bits per heavy atom. The van der Waals surface area contributed by atoms with E-state index >= 15 is 0 Å². The second-order valence-corrected chi connectivity index (χ2v) is 9.02. The Kier molecular flexibility index (Phi) is 5.06. The Hall–Kier alpha value is -3.05. The smallest absolute Gasteiger partial charge is 0.410 e. The van der Waals surface area contributed by atoms with Crippen molar-refractivity contribution in [1.29, 1.82) is 0 Å². The lowest BCUT2D eigenvalue weighted by molar-refractivity contribution is 0.0600. The van der Waals surface area contributed by atoms with Gasteiger partial charge >= 0.3 is 12.1 Å². The van der Waals surface area contributed by atoms with Crippen LogP contribution in [0.15, 0.2) is 12.1 Å². The van der Waals surface area contributed by atoms with Gasteiger partial charge in [-0.2, -0.15) is 0 Å². The van der Waals surface area contributed by atoms with Crippen LogP contribution in [0, 0.1) is 0 Å². The topological polar surface area (TPSA) is 99.2 Å². The highest BCUT2D eigenvalue weighted by Crippen LogP contribution is 2.42. The predicted molar refractivity (Wildman–Crippen MR) is 116 cm³/mol. The van der Waals surface area contributed by atoms with Gasteiger partial charge in [-0.05, 0) is 18.9 Å². The largest absolute Gasteiger partial charge is 0.465 e. The van der Waals surface area contributed by atoms with Crippen LogP contribution in [0.3, 0.4) is 0 Å². The van der Waals surface area contributed by atoms with Gasteiger partial charge in [-0.25, -0.2) is 14.6 Å². The molecule has 1 N–H and O–H groups in total. The normalized spacial score (nSPS) is 14.5. The summed E-state index contributed by atoms with van der Waals surface area (Å²) in [5.74, 6) is 0.959. The number of nitrogens with one attached hydrogen (secondary N) is 1. The number of ether oxygens (including phenoxy) is 4. The van der Waals surface area contributed by atoms with Crippen LogP contribution in [0.2, 0.25) is 0 Å². The van der Waals surface area contributed by atoms with Gasteiger partial charge in [0.05, 0.1) is 36.0 Å². The third-order valence-corrected chi connectivity index (χ3v) is 7.14. The van der Waals surface area contributed by atoms with Gasteiger partial charge in [0.1, 0.15) is 5.00 Å². The van der Waals surface area contributed by atoms with Gasteiger partial charge in [-0.15, -0.1) is 11.3 Å². The first-order valence-corrected chi connectivity index (χ1v) is 11.3. The molecule has 3 aromatic rings. The quantitative estimate of drug-likeness (QED) is 0.579. The van der Waals surface area contributed by atoms with Crippen molar-refractivity contribution in [2.45, 2.75) is 19.9 Å². The first-order chi connectivity index (χ1) is 15.1. The van der Waals surface area contributed by atoms with Gasteiger partial charge in [0.15, 0.2) is 16.6 Å². The van der Waals surface area contributed by atoms with E-state index in [2.05, 4.69) is 10.3 Å². The first-order valence-electron chi connectivity index (χ1n) is 9.69. The Morgan fingerprint density at radius 3 is 2.84 bits per heavy atom. The van der Waals surface area contributed by atoms with Gasteiger partial charge in [-0.3, -0.25) is 0 Å². The number of carbonyl (C=O) groups excluding carboxylic acids is 2. The number of hydrogen-bond acceptors (Lipinski definition) is 10. The van der Waals surface area contributed by atoms with Crippen LogP contribution in [0.5, 0.6) is 11.5 Å². The van der Waals surface area contributed by atoms with E-state index in [1.165, 1.54) is 29.8 Å². The number of hydrogen-bond donors (Lipinski definition) is 1. The van der Waals surface area contributed by atoms with Crippen molar-refractivity contribution in [3.8, 4) is 11.5 Å². The van der Waals surface area contributed by atoms with E-state index < -0.39 is 5.97 Å². The fourth-order valence-electron chi connectivity index (χ4n) is 3.65. The molecule has 9 nitrogen and oxygen atoms in total. The number of fused-ring (bicyclic) bond motifs is 3. The predicted octanol–water partition coefficient (Wildman–Crippen LogP) is 4.13. The molecule has 0 saturated heterocycles. The molecule has 0 spiro atoms. The number of rotatable bonds is 4. The molecular formula is C20H19N3O6S2. The summed E-state index contributed by atoms with van der Waals surface area (Å²) >= 11 is 2.88. The minimum Gasteiger partial charge on any atom is -0.465 e. The van der Waals surface area contributed by atoms with Crippen LogP contribution >= 0.6 is 22.7 Å². The monoisotopic (exact) mass is 461 g/mol. The van der Waals surface area contributed by atoms with Crippen LogP contribution in [0.25, 0.3) is 10.2 Å². The van der Waals surface area contributed by atoms with Crippen LogP contribution in [-0.2, 0) is 22.4 Å². The maximum Gasteiger partial charge on any atom is 0.410 e. The van der Waals surface area contributed by atoms with Crippen LogP contribution < -0.4 is 14.8 Å². The minimum absolute atomic E-state index is 0.212. The number of anilines is 2. The lowest BCUT2D eigenvalue weighted by Crippen LogP contribution is -2.36. The van der Waals surface area contributed by atoms with E-state index in [-0.39, 0.29) is 12.9 Å². The zero-order valence-corrected chi connectivity index (χ0v) is 18.5. The number of esters is 1. The number of methoxy groups -OCH3 is 1. The van der Waals surface area contributed by atoms with Gasteiger partial charge in [-0.1, -0.05) is 11.3 Å². The van der Waals surface area contributed by atoms with E-state index in [9.17, 15) is 9.59 Å². The maximum atomic E-state index is 12.6. The SMILES string of the molecule is CCOC(=O)N1CCc2c(sc(Nc3nc4cc5c(cc4s3)OCO5)c2C(=O)OC)C1. The molecule has 0 bridgehead atoms. The molecule has 4 heterocycles. The number of thiophene rings is 1. The van der Waals surface area contributed by atoms with E-state index in [4.69, 9.17) is 18.9 Å². The van der Waals surface area contributed by atoms with Crippen molar-refractivity contribution < 1.29 is 28.5 Å². The summed E-state index contributed by atoms with van der Waals surface area (Å²) in [6.45, 7) is 3.19. The highest BCUT2D eigenvalue weighted by atomic mass is 32.1. The molecule has 2 aromatic heterocycles. The molecule has 0 radical (unpaired) electrons. The van der Waals surface area contributed by atoms with Gasteiger partial charge in [0, 0.05) is 23.6 Å². The minimum atomic E-state index is -0.411. The van der Waals surface area contributed by atoms with Crippen molar-refractivity contribution in [2.75, 3.05) is 32.4 Å². The van der Waals surface area contributed by atoms with Crippen molar-refractivity contribution in [1.82, 2.24) is 9.88 Å². The molecule has 31 heavy (non-hydrogen) atoms. The van der Waals surface area contributed by atoms with E-state index in [0.717, 1.165) is 20.7 Å². The summed E-state index contributed by atoms with van der Waals surface area (Å²) in [6.07, 6.45) is 0.206. The number of nitrogens with zero attached hydrogens (tertiary/aromatic N) is 2. The molecule has 0 aliphatic carbocycles. The number of benzene rings is 1. The molecule has 0 unspecified atom stereocenters. The third kappa shape index (κ3) is 3.53. The summed E-state index contributed by atoms with van der Waals surface area (Å²) in [5, 5.41) is 4.58. The Balaban J connectivity index is 1.47.